The van der Waals surface area contributed by atoms with Gasteiger partial charge in [-0.15, -0.1) is 0 Å². The Morgan fingerprint density at radius 2 is 1.80 bits per heavy atom. The number of aromatic carboxylic acids is 1. The van der Waals surface area contributed by atoms with Crippen LogP contribution in [-0.2, 0) is 5.41 Å². The van der Waals surface area contributed by atoms with E-state index in [1.54, 1.807) is 12.1 Å². The van der Waals surface area contributed by atoms with E-state index in [2.05, 4.69) is 0 Å². The van der Waals surface area contributed by atoms with Gasteiger partial charge in [-0.05, 0) is 11.5 Å². The van der Waals surface area contributed by atoms with Crippen molar-refractivity contribution in [3.05, 3.63) is 23.3 Å². The third kappa shape index (κ3) is 1.42. The molecule has 0 atom stereocenters. The molecule has 1 aromatic carbocycles. The van der Waals surface area contributed by atoms with Crippen LogP contribution in [0.5, 0.6) is 0 Å². The topological polar surface area (TPSA) is 63.6 Å². The number of carboxylic acid groups (broad SMARTS) is 1. The molecule has 0 aliphatic carbocycles. The number of carbonyl (C=O) groups is 1. The minimum absolute atomic E-state index is 0.0924. The molecular formula is C11H12O4. The van der Waals surface area contributed by atoms with Crippen LogP contribution in [0, 0.1) is 0 Å². The molecule has 0 fully saturated rings. The van der Waals surface area contributed by atoms with Gasteiger partial charge in [-0.2, -0.15) is 0 Å². The summed E-state index contributed by atoms with van der Waals surface area (Å²) >= 11 is 0. The standard InChI is InChI=1S/C11H12O4/c1-11(2,3)7-5-4-6(10(12)13)8-9(7)15-14-8/h4-5H,1-3H3,(H,12,13). The molecule has 80 valence electrons. The van der Waals surface area contributed by atoms with Crippen LogP contribution in [-0.4, -0.2) is 11.1 Å². The van der Waals surface area contributed by atoms with E-state index in [4.69, 9.17) is 14.3 Å². The number of fused-ring (bicyclic) bond motifs is 1. The first-order valence-electron chi connectivity index (χ1n) is 4.66. The number of benzene rings is 1. The van der Waals surface area contributed by atoms with E-state index in [1.807, 2.05) is 20.8 Å². The molecule has 1 heterocycles. The van der Waals surface area contributed by atoms with E-state index in [1.165, 1.54) is 0 Å². The highest BCUT2D eigenvalue weighted by atomic mass is 17.0. The molecule has 0 saturated heterocycles. The van der Waals surface area contributed by atoms with Crippen molar-refractivity contribution in [2.75, 3.05) is 0 Å². The number of rotatable bonds is 1. The van der Waals surface area contributed by atoms with Crippen LogP contribution in [0.3, 0.4) is 0 Å². The minimum Gasteiger partial charge on any atom is -0.478 e. The Hall–Kier alpha value is -1.71. The molecule has 0 amide bonds. The van der Waals surface area contributed by atoms with Gasteiger partial charge in [0.1, 0.15) is 5.56 Å². The normalized spacial score (nSPS) is 12.2. The van der Waals surface area contributed by atoms with E-state index in [-0.39, 0.29) is 11.0 Å². The van der Waals surface area contributed by atoms with Crippen molar-refractivity contribution in [1.29, 1.82) is 0 Å². The molecule has 0 spiro atoms. The van der Waals surface area contributed by atoms with Gasteiger partial charge in [0, 0.05) is 5.56 Å². The predicted molar refractivity (Wildman–Crippen MR) is 54.1 cm³/mol. The van der Waals surface area contributed by atoms with Crippen LogP contribution in [0.4, 0.5) is 0 Å². The van der Waals surface area contributed by atoms with Crippen LogP contribution in [0.2, 0.25) is 0 Å². The van der Waals surface area contributed by atoms with Crippen molar-refractivity contribution in [3.8, 4) is 0 Å². The van der Waals surface area contributed by atoms with Gasteiger partial charge in [0.25, 0.3) is 0 Å². The molecule has 2 aromatic rings. The summed E-state index contributed by atoms with van der Waals surface area (Å²) in [4.78, 5) is 10.8. The summed E-state index contributed by atoms with van der Waals surface area (Å²) < 4.78 is 9.59. The first kappa shape index (κ1) is 9.83. The highest BCUT2D eigenvalue weighted by Crippen LogP contribution is 2.34. The highest BCUT2D eigenvalue weighted by molar-refractivity contribution is 6.00. The summed E-state index contributed by atoms with van der Waals surface area (Å²) in [6.45, 7) is 6.10. The lowest BCUT2D eigenvalue weighted by Crippen LogP contribution is -2.13. The molecule has 0 saturated carbocycles. The molecule has 1 N–H and O–H groups in total. The summed E-state index contributed by atoms with van der Waals surface area (Å²) in [5.41, 5.74) is 1.88. The van der Waals surface area contributed by atoms with Gasteiger partial charge in [0.2, 0.25) is 11.2 Å². The molecule has 0 aliphatic heterocycles. The fourth-order valence-corrected chi connectivity index (χ4v) is 1.54. The molecule has 2 rings (SSSR count). The molecule has 0 unspecified atom stereocenters. The number of hydrogen-bond donors (Lipinski definition) is 1. The molecular weight excluding hydrogens is 196 g/mol. The number of hydrogen-bond acceptors (Lipinski definition) is 3. The predicted octanol–water partition coefficient (Wildman–Crippen LogP) is 3.02. The maximum Gasteiger partial charge on any atom is 0.339 e. The van der Waals surface area contributed by atoms with Crippen LogP contribution >= 0.6 is 0 Å². The molecule has 0 bridgehead atoms. The second-order valence-electron chi connectivity index (χ2n) is 4.54. The fourth-order valence-electron chi connectivity index (χ4n) is 1.54. The Balaban J connectivity index is 2.66. The molecule has 4 heteroatoms. The number of carboxylic acids is 1. The highest BCUT2D eigenvalue weighted by Gasteiger charge is 2.26. The third-order valence-electron chi connectivity index (χ3n) is 2.36. The lowest BCUT2D eigenvalue weighted by molar-refractivity contribution is 0.0526. The zero-order valence-electron chi connectivity index (χ0n) is 8.83. The van der Waals surface area contributed by atoms with E-state index in [0.717, 1.165) is 5.56 Å². The van der Waals surface area contributed by atoms with E-state index in [0.29, 0.717) is 11.2 Å². The average Bonchev–Trinajstić information content (AvgIpc) is 2.03. The van der Waals surface area contributed by atoms with Gasteiger partial charge in [0.05, 0.1) is 0 Å². The van der Waals surface area contributed by atoms with Gasteiger partial charge >= 0.3 is 5.97 Å². The largest absolute Gasteiger partial charge is 0.478 e. The van der Waals surface area contributed by atoms with Gasteiger partial charge in [-0.3, -0.25) is 9.15 Å². The average molecular weight is 208 g/mol. The maximum absolute atomic E-state index is 10.8. The smallest absolute Gasteiger partial charge is 0.339 e. The maximum atomic E-state index is 10.8. The molecule has 0 radical (unpaired) electrons. The Kier molecular flexibility index (Phi) is 1.89. The van der Waals surface area contributed by atoms with Crippen molar-refractivity contribution in [2.45, 2.75) is 26.2 Å². The van der Waals surface area contributed by atoms with E-state index < -0.39 is 5.97 Å². The second-order valence-corrected chi connectivity index (χ2v) is 4.54. The zero-order chi connectivity index (χ0) is 11.2. The summed E-state index contributed by atoms with van der Waals surface area (Å²) in [6, 6.07) is 3.31. The first-order chi connectivity index (χ1) is 6.91. The lowest BCUT2D eigenvalue weighted by Gasteiger charge is -2.20. The first-order valence-corrected chi connectivity index (χ1v) is 4.66. The van der Waals surface area contributed by atoms with Crippen LogP contribution in [0.25, 0.3) is 11.2 Å². The van der Waals surface area contributed by atoms with Crippen molar-refractivity contribution < 1.29 is 19.1 Å². The summed E-state index contributed by atoms with van der Waals surface area (Å²) in [6.07, 6.45) is 0. The fraction of sp³-hybridized carbons (Fsp3) is 0.364. The van der Waals surface area contributed by atoms with Crippen molar-refractivity contribution in [1.82, 2.24) is 0 Å². The van der Waals surface area contributed by atoms with E-state index in [9.17, 15) is 4.79 Å². The van der Waals surface area contributed by atoms with Crippen LogP contribution in [0.15, 0.2) is 21.3 Å². The Bertz CT molecular complexity index is 510. The van der Waals surface area contributed by atoms with Gasteiger partial charge in [-0.25, -0.2) is 4.79 Å². The lowest BCUT2D eigenvalue weighted by atomic mass is 9.86. The Morgan fingerprint density at radius 1 is 1.20 bits per heavy atom. The quantitative estimate of drug-likeness (QED) is 0.731. The second kappa shape index (κ2) is 2.89. The van der Waals surface area contributed by atoms with Gasteiger partial charge < -0.3 is 5.11 Å². The molecule has 15 heavy (non-hydrogen) atoms. The van der Waals surface area contributed by atoms with Gasteiger partial charge in [0.15, 0.2) is 0 Å². The summed E-state index contributed by atoms with van der Waals surface area (Å²) in [7, 11) is 0. The van der Waals surface area contributed by atoms with E-state index >= 15 is 0 Å². The molecule has 1 aromatic heterocycles. The Labute approximate surface area is 86.4 Å². The van der Waals surface area contributed by atoms with Crippen molar-refractivity contribution >= 4 is 17.1 Å². The van der Waals surface area contributed by atoms with Crippen molar-refractivity contribution in [2.24, 2.45) is 0 Å². The van der Waals surface area contributed by atoms with Crippen molar-refractivity contribution in [3.63, 3.8) is 0 Å². The zero-order valence-corrected chi connectivity index (χ0v) is 8.83. The molecule has 4 nitrogen and oxygen atoms in total. The van der Waals surface area contributed by atoms with Crippen LogP contribution < -0.4 is 0 Å². The SMILES string of the molecule is CC(C)(C)c1ccc(C(=O)O)c2ooc12. The van der Waals surface area contributed by atoms with Gasteiger partial charge in [-0.1, -0.05) is 26.8 Å². The third-order valence-corrected chi connectivity index (χ3v) is 2.36. The Morgan fingerprint density at radius 3 is 2.20 bits per heavy atom. The minimum atomic E-state index is -1.00. The summed E-state index contributed by atoms with van der Waals surface area (Å²) in [5.74, 6) is -1.00. The summed E-state index contributed by atoms with van der Waals surface area (Å²) in [5, 5.41) is 8.88. The molecule has 0 aliphatic rings. The van der Waals surface area contributed by atoms with Crippen LogP contribution in [0.1, 0.15) is 36.7 Å². The monoisotopic (exact) mass is 208 g/mol.